The lowest BCUT2D eigenvalue weighted by Gasteiger charge is -2.31. The van der Waals surface area contributed by atoms with Crippen LogP contribution in [0.2, 0.25) is 0 Å². The lowest BCUT2D eigenvalue weighted by molar-refractivity contribution is -0.131. The van der Waals surface area contributed by atoms with Gasteiger partial charge in [0.2, 0.25) is 11.1 Å². The van der Waals surface area contributed by atoms with Crippen molar-refractivity contribution in [1.29, 1.82) is 0 Å². The summed E-state index contributed by atoms with van der Waals surface area (Å²) in [5.74, 6) is 2.38. The molecular formula is C18H24N4O2S. The van der Waals surface area contributed by atoms with E-state index in [0.717, 1.165) is 37.2 Å². The number of likely N-dealkylation sites (tertiary alicyclic amines) is 1. The molecule has 2 heterocycles. The molecule has 0 radical (unpaired) electrons. The van der Waals surface area contributed by atoms with E-state index in [0.29, 0.717) is 16.9 Å². The van der Waals surface area contributed by atoms with Gasteiger partial charge in [0.1, 0.15) is 5.75 Å². The first-order valence-corrected chi connectivity index (χ1v) is 9.47. The molecule has 1 aliphatic heterocycles. The monoisotopic (exact) mass is 360 g/mol. The van der Waals surface area contributed by atoms with Crippen molar-refractivity contribution in [2.24, 2.45) is 5.92 Å². The van der Waals surface area contributed by atoms with Crippen molar-refractivity contribution in [3.05, 3.63) is 24.3 Å². The maximum atomic E-state index is 12.6. The Labute approximate surface area is 152 Å². The van der Waals surface area contributed by atoms with Crippen LogP contribution in [0.15, 0.2) is 29.4 Å². The number of ether oxygens (including phenoxy) is 1. The maximum Gasteiger partial charge on any atom is 0.235 e. The number of hydrogen-bond acceptors (Lipinski definition) is 5. The third kappa shape index (κ3) is 4.34. The number of piperidine rings is 1. The van der Waals surface area contributed by atoms with Gasteiger partial charge in [0, 0.05) is 18.7 Å². The minimum atomic E-state index is -0.187. The third-order valence-corrected chi connectivity index (χ3v) is 5.50. The molecule has 0 spiro atoms. The lowest BCUT2D eigenvalue weighted by Crippen LogP contribution is -2.41. The van der Waals surface area contributed by atoms with Gasteiger partial charge in [0.25, 0.3) is 0 Å². The third-order valence-electron chi connectivity index (χ3n) is 4.55. The second-order valence-corrected chi connectivity index (χ2v) is 7.77. The number of methoxy groups -OCH3 is 1. The number of H-pyrrole nitrogens is 1. The molecule has 2 aromatic rings. The fraction of sp³-hybridized carbons (Fsp3) is 0.500. The molecule has 0 bridgehead atoms. The van der Waals surface area contributed by atoms with Crippen LogP contribution in [0.25, 0.3) is 11.4 Å². The largest absolute Gasteiger partial charge is 0.497 e. The van der Waals surface area contributed by atoms with Crippen molar-refractivity contribution in [2.45, 2.75) is 37.1 Å². The Morgan fingerprint density at radius 3 is 2.64 bits per heavy atom. The summed E-state index contributed by atoms with van der Waals surface area (Å²) in [6.45, 7) is 5.88. The van der Waals surface area contributed by atoms with Crippen molar-refractivity contribution in [3.63, 3.8) is 0 Å². The van der Waals surface area contributed by atoms with Gasteiger partial charge in [-0.05, 0) is 49.9 Å². The predicted octanol–water partition coefficient (Wildman–Crippen LogP) is 3.22. The number of hydrogen-bond donors (Lipinski definition) is 1. The zero-order chi connectivity index (χ0) is 17.8. The molecule has 0 saturated carbocycles. The molecule has 1 unspecified atom stereocenters. The zero-order valence-corrected chi connectivity index (χ0v) is 15.7. The number of amides is 1. The summed E-state index contributed by atoms with van der Waals surface area (Å²) in [4.78, 5) is 19.0. The van der Waals surface area contributed by atoms with Crippen LogP contribution in [0, 0.1) is 5.92 Å². The number of rotatable bonds is 5. The van der Waals surface area contributed by atoms with Crippen molar-refractivity contribution in [2.75, 3.05) is 20.2 Å². The maximum absolute atomic E-state index is 12.6. The highest BCUT2D eigenvalue weighted by atomic mass is 32.2. The van der Waals surface area contributed by atoms with E-state index in [1.54, 1.807) is 7.11 Å². The number of thioether (sulfide) groups is 1. The number of aromatic nitrogens is 3. The van der Waals surface area contributed by atoms with Gasteiger partial charge in [-0.1, -0.05) is 18.7 Å². The standard InChI is InChI=1S/C18H24N4O2S/c1-12-8-10-22(11-9-12)17(23)13(2)25-18-19-16(20-21-18)14-4-6-15(24-3)7-5-14/h4-7,12-13H,8-11H2,1-3H3,(H,19,20,21). The molecule has 134 valence electrons. The van der Waals surface area contributed by atoms with Crippen LogP contribution in [0.4, 0.5) is 0 Å². The molecule has 25 heavy (non-hydrogen) atoms. The van der Waals surface area contributed by atoms with E-state index >= 15 is 0 Å². The van der Waals surface area contributed by atoms with Crippen LogP contribution in [-0.4, -0.2) is 51.4 Å². The van der Waals surface area contributed by atoms with Crippen LogP contribution in [0.5, 0.6) is 5.75 Å². The number of nitrogens with zero attached hydrogens (tertiary/aromatic N) is 3. The quantitative estimate of drug-likeness (QED) is 0.829. The Morgan fingerprint density at radius 1 is 1.32 bits per heavy atom. The molecule has 1 fully saturated rings. The summed E-state index contributed by atoms with van der Waals surface area (Å²) in [6.07, 6.45) is 2.18. The molecule has 0 aliphatic carbocycles. The van der Waals surface area contributed by atoms with E-state index in [4.69, 9.17) is 4.74 Å². The second kappa shape index (κ2) is 7.91. The minimum Gasteiger partial charge on any atom is -0.497 e. The summed E-state index contributed by atoms with van der Waals surface area (Å²) in [5.41, 5.74) is 0.934. The second-order valence-electron chi connectivity index (χ2n) is 6.46. The van der Waals surface area contributed by atoms with E-state index in [1.807, 2.05) is 36.1 Å². The fourth-order valence-corrected chi connectivity index (χ4v) is 3.68. The van der Waals surface area contributed by atoms with Crippen LogP contribution in [0.1, 0.15) is 26.7 Å². The van der Waals surface area contributed by atoms with Crippen molar-refractivity contribution in [1.82, 2.24) is 20.1 Å². The average molecular weight is 360 g/mol. The van der Waals surface area contributed by atoms with E-state index in [2.05, 4.69) is 22.1 Å². The highest BCUT2D eigenvalue weighted by molar-refractivity contribution is 8.00. The van der Waals surface area contributed by atoms with Crippen LogP contribution in [0.3, 0.4) is 0 Å². The Morgan fingerprint density at radius 2 is 2.00 bits per heavy atom. The lowest BCUT2D eigenvalue weighted by atomic mass is 9.99. The molecule has 1 aromatic heterocycles. The number of benzene rings is 1. The van der Waals surface area contributed by atoms with Crippen molar-refractivity contribution in [3.8, 4) is 17.1 Å². The SMILES string of the molecule is COc1ccc(-c2nc(SC(C)C(=O)N3CCC(C)CC3)n[nH]2)cc1. The van der Waals surface area contributed by atoms with Gasteiger partial charge in [0.15, 0.2) is 5.82 Å². The first-order valence-electron chi connectivity index (χ1n) is 8.59. The van der Waals surface area contributed by atoms with Gasteiger partial charge in [-0.15, -0.1) is 5.10 Å². The molecule has 3 rings (SSSR count). The van der Waals surface area contributed by atoms with Crippen LogP contribution in [-0.2, 0) is 4.79 Å². The van der Waals surface area contributed by atoms with E-state index < -0.39 is 0 Å². The smallest absolute Gasteiger partial charge is 0.235 e. The van der Waals surface area contributed by atoms with Gasteiger partial charge >= 0.3 is 0 Å². The minimum absolute atomic E-state index is 0.174. The van der Waals surface area contributed by atoms with Gasteiger partial charge in [-0.2, -0.15) is 0 Å². The van der Waals surface area contributed by atoms with Gasteiger partial charge in [0.05, 0.1) is 12.4 Å². The van der Waals surface area contributed by atoms with Crippen LogP contribution >= 0.6 is 11.8 Å². The van der Waals surface area contributed by atoms with E-state index in [9.17, 15) is 4.79 Å². The molecule has 1 amide bonds. The van der Waals surface area contributed by atoms with Gasteiger partial charge in [-0.3, -0.25) is 9.89 Å². The molecule has 1 N–H and O–H groups in total. The van der Waals surface area contributed by atoms with E-state index in [1.165, 1.54) is 11.8 Å². The molecule has 1 saturated heterocycles. The Kier molecular flexibility index (Phi) is 5.63. The van der Waals surface area contributed by atoms with Gasteiger partial charge in [-0.25, -0.2) is 4.98 Å². The van der Waals surface area contributed by atoms with Crippen LogP contribution < -0.4 is 4.74 Å². The summed E-state index contributed by atoms with van der Waals surface area (Å²) in [6, 6.07) is 7.62. The molecule has 1 aliphatic rings. The van der Waals surface area contributed by atoms with Crippen molar-refractivity contribution < 1.29 is 9.53 Å². The summed E-state index contributed by atoms with van der Waals surface area (Å²) in [7, 11) is 1.64. The molecular weight excluding hydrogens is 336 g/mol. The normalized spacial score (nSPS) is 16.7. The summed E-state index contributed by atoms with van der Waals surface area (Å²) >= 11 is 1.40. The summed E-state index contributed by atoms with van der Waals surface area (Å²) in [5, 5.41) is 7.59. The predicted molar refractivity (Wildman–Crippen MR) is 98.7 cm³/mol. The number of carbonyl (C=O) groups excluding carboxylic acids is 1. The number of nitrogens with one attached hydrogen (secondary N) is 1. The van der Waals surface area contributed by atoms with Gasteiger partial charge < -0.3 is 9.64 Å². The molecule has 1 atom stereocenters. The van der Waals surface area contributed by atoms with Crippen molar-refractivity contribution >= 4 is 17.7 Å². The first kappa shape index (κ1) is 17.8. The highest BCUT2D eigenvalue weighted by Crippen LogP contribution is 2.26. The molecule has 6 nitrogen and oxygen atoms in total. The van der Waals surface area contributed by atoms with E-state index in [-0.39, 0.29) is 11.2 Å². The Hall–Kier alpha value is -2.02. The number of aromatic amines is 1. The first-order chi connectivity index (χ1) is 12.1. The molecule has 1 aromatic carbocycles. The summed E-state index contributed by atoms with van der Waals surface area (Å²) < 4.78 is 5.16. The molecule has 7 heteroatoms. The highest BCUT2D eigenvalue weighted by Gasteiger charge is 2.26. The fourth-order valence-electron chi connectivity index (χ4n) is 2.87. The number of carbonyl (C=O) groups is 1. The topological polar surface area (TPSA) is 71.1 Å². The average Bonchev–Trinajstić information content (AvgIpc) is 3.10. The Bertz CT molecular complexity index is 708. The Balaban J connectivity index is 1.61. The zero-order valence-electron chi connectivity index (χ0n) is 14.9.